The van der Waals surface area contributed by atoms with Gasteiger partial charge in [-0.05, 0) is 75.8 Å². The number of halogens is 1. The number of aryl methyl sites for hydroxylation is 1. The van der Waals surface area contributed by atoms with Gasteiger partial charge in [0.1, 0.15) is 6.61 Å². The molecule has 0 amide bonds. The van der Waals surface area contributed by atoms with Crippen LogP contribution < -0.4 is 14.8 Å². The Morgan fingerprint density at radius 2 is 1.97 bits per heavy atom. The van der Waals surface area contributed by atoms with Gasteiger partial charge in [0.15, 0.2) is 11.5 Å². The Morgan fingerprint density at radius 3 is 2.72 bits per heavy atom. The van der Waals surface area contributed by atoms with E-state index in [-0.39, 0.29) is 0 Å². The lowest BCUT2D eigenvalue weighted by Crippen LogP contribution is -2.16. The number of hydrogen-bond donors (Lipinski definition) is 1. The lowest BCUT2D eigenvalue weighted by molar-refractivity contribution is 0.269. The van der Waals surface area contributed by atoms with Crippen LogP contribution in [0.2, 0.25) is 5.02 Å². The molecule has 3 rings (SSSR count). The SMILES string of the molecule is CCOc1cc(CNCCC2=CCCCC2)cc(Cl)c1OCc1cccc(C)c1. The van der Waals surface area contributed by atoms with Crippen LogP contribution in [-0.4, -0.2) is 13.2 Å². The summed E-state index contributed by atoms with van der Waals surface area (Å²) in [6.45, 7) is 6.84. The van der Waals surface area contributed by atoms with Gasteiger partial charge < -0.3 is 14.8 Å². The molecule has 0 saturated heterocycles. The zero-order valence-electron chi connectivity index (χ0n) is 17.6. The molecular weight excluding hydrogens is 382 g/mol. The first-order valence-corrected chi connectivity index (χ1v) is 11.1. The average Bonchev–Trinajstić information content (AvgIpc) is 2.72. The molecule has 0 spiro atoms. The van der Waals surface area contributed by atoms with E-state index in [1.807, 2.05) is 25.1 Å². The van der Waals surface area contributed by atoms with E-state index in [1.165, 1.54) is 31.2 Å². The van der Waals surface area contributed by atoms with Crippen molar-refractivity contribution >= 4 is 11.6 Å². The van der Waals surface area contributed by atoms with Crippen LogP contribution in [0.15, 0.2) is 48.0 Å². The van der Waals surface area contributed by atoms with Gasteiger partial charge in [-0.15, -0.1) is 0 Å². The molecule has 156 valence electrons. The van der Waals surface area contributed by atoms with Crippen LogP contribution in [-0.2, 0) is 13.2 Å². The molecule has 1 aliphatic rings. The Hall–Kier alpha value is -1.97. The first kappa shape index (κ1) is 21.7. The zero-order chi connectivity index (χ0) is 20.5. The van der Waals surface area contributed by atoms with Crippen molar-refractivity contribution in [2.24, 2.45) is 0 Å². The lowest BCUT2D eigenvalue weighted by atomic mass is 9.97. The summed E-state index contributed by atoms with van der Waals surface area (Å²) in [6, 6.07) is 12.3. The number of hydrogen-bond acceptors (Lipinski definition) is 3. The van der Waals surface area contributed by atoms with Crippen molar-refractivity contribution in [1.82, 2.24) is 5.32 Å². The Balaban J connectivity index is 1.60. The number of ether oxygens (including phenoxy) is 2. The average molecular weight is 414 g/mol. The second-order valence-corrected chi connectivity index (χ2v) is 8.06. The van der Waals surface area contributed by atoms with E-state index >= 15 is 0 Å². The van der Waals surface area contributed by atoms with Gasteiger partial charge in [-0.25, -0.2) is 0 Å². The van der Waals surface area contributed by atoms with Crippen molar-refractivity contribution < 1.29 is 9.47 Å². The number of allylic oxidation sites excluding steroid dienone is 1. The minimum absolute atomic E-state index is 0.466. The van der Waals surface area contributed by atoms with Gasteiger partial charge in [0.2, 0.25) is 0 Å². The van der Waals surface area contributed by atoms with E-state index < -0.39 is 0 Å². The summed E-state index contributed by atoms with van der Waals surface area (Å²) >= 11 is 6.56. The number of benzene rings is 2. The fourth-order valence-electron chi connectivity index (χ4n) is 3.70. The minimum Gasteiger partial charge on any atom is -0.490 e. The topological polar surface area (TPSA) is 30.5 Å². The van der Waals surface area contributed by atoms with Gasteiger partial charge in [-0.2, -0.15) is 0 Å². The van der Waals surface area contributed by atoms with Crippen molar-refractivity contribution in [3.8, 4) is 11.5 Å². The van der Waals surface area contributed by atoms with Crippen molar-refractivity contribution in [3.63, 3.8) is 0 Å². The zero-order valence-corrected chi connectivity index (χ0v) is 18.4. The van der Waals surface area contributed by atoms with Crippen molar-refractivity contribution in [1.29, 1.82) is 0 Å². The van der Waals surface area contributed by atoms with E-state index in [0.29, 0.717) is 29.7 Å². The van der Waals surface area contributed by atoms with Gasteiger partial charge in [0.05, 0.1) is 11.6 Å². The molecule has 0 unspecified atom stereocenters. The molecular formula is C25H32ClNO2. The molecule has 0 bridgehead atoms. The first-order valence-electron chi connectivity index (χ1n) is 10.7. The Kier molecular flexibility index (Phi) is 8.45. The Morgan fingerprint density at radius 1 is 1.07 bits per heavy atom. The van der Waals surface area contributed by atoms with Crippen LogP contribution in [0.5, 0.6) is 11.5 Å². The monoisotopic (exact) mass is 413 g/mol. The molecule has 0 aliphatic heterocycles. The fourth-order valence-corrected chi connectivity index (χ4v) is 3.99. The molecule has 0 radical (unpaired) electrons. The molecule has 3 nitrogen and oxygen atoms in total. The Bertz CT molecular complexity index is 832. The van der Waals surface area contributed by atoms with Gasteiger partial charge in [0.25, 0.3) is 0 Å². The Labute approximate surface area is 180 Å². The molecule has 0 heterocycles. The lowest BCUT2D eigenvalue weighted by Gasteiger charge is -2.16. The molecule has 0 saturated carbocycles. The maximum Gasteiger partial charge on any atom is 0.180 e. The third kappa shape index (κ3) is 6.80. The van der Waals surface area contributed by atoms with Crippen LogP contribution >= 0.6 is 11.6 Å². The third-order valence-electron chi connectivity index (χ3n) is 5.17. The highest BCUT2D eigenvalue weighted by Crippen LogP contribution is 2.37. The molecule has 0 atom stereocenters. The highest BCUT2D eigenvalue weighted by Gasteiger charge is 2.13. The maximum absolute atomic E-state index is 6.56. The highest BCUT2D eigenvalue weighted by atomic mass is 35.5. The van der Waals surface area contributed by atoms with E-state index in [2.05, 4.69) is 36.5 Å². The summed E-state index contributed by atoms with van der Waals surface area (Å²) in [5.41, 5.74) is 5.04. The predicted octanol–water partition coefficient (Wildman–Crippen LogP) is 6.61. The number of nitrogens with one attached hydrogen (secondary N) is 1. The van der Waals surface area contributed by atoms with Crippen LogP contribution in [0.25, 0.3) is 0 Å². The van der Waals surface area contributed by atoms with Crippen LogP contribution in [0.3, 0.4) is 0 Å². The molecule has 4 heteroatoms. The largest absolute Gasteiger partial charge is 0.490 e. The normalized spacial score (nSPS) is 13.8. The van der Waals surface area contributed by atoms with E-state index in [1.54, 1.807) is 5.57 Å². The molecule has 2 aromatic carbocycles. The van der Waals surface area contributed by atoms with Gasteiger partial charge >= 0.3 is 0 Å². The first-order chi connectivity index (χ1) is 14.2. The van der Waals surface area contributed by atoms with Crippen molar-refractivity contribution in [2.75, 3.05) is 13.2 Å². The molecule has 1 N–H and O–H groups in total. The van der Waals surface area contributed by atoms with Gasteiger partial charge in [-0.3, -0.25) is 0 Å². The van der Waals surface area contributed by atoms with Crippen molar-refractivity contribution in [3.05, 3.63) is 69.8 Å². The summed E-state index contributed by atoms with van der Waals surface area (Å²) in [6.07, 6.45) is 8.72. The third-order valence-corrected chi connectivity index (χ3v) is 5.45. The van der Waals surface area contributed by atoms with Crippen LogP contribution in [0, 0.1) is 6.92 Å². The summed E-state index contributed by atoms with van der Waals surface area (Å²) < 4.78 is 11.9. The van der Waals surface area contributed by atoms with Gasteiger partial charge in [0, 0.05) is 6.54 Å². The summed E-state index contributed by atoms with van der Waals surface area (Å²) in [5, 5.41) is 4.13. The van der Waals surface area contributed by atoms with Crippen LogP contribution in [0.4, 0.5) is 0 Å². The highest BCUT2D eigenvalue weighted by molar-refractivity contribution is 6.32. The summed E-state index contributed by atoms with van der Waals surface area (Å²) in [4.78, 5) is 0. The fraction of sp³-hybridized carbons (Fsp3) is 0.440. The minimum atomic E-state index is 0.466. The quantitative estimate of drug-likeness (QED) is 0.351. The van der Waals surface area contributed by atoms with E-state index in [4.69, 9.17) is 21.1 Å². The standard InChI is InChI=1S/C25H32ClNO2/c1-3-28-24-16-22(17-27-13-12-20-9-5-4-6-10-20)15-23(26)25(24)29-18-21-11-7-8-19(2)14-21/h7-9,11,14-16,27H,3-6,10,12-13,17-18H2,1-2H3. The van der Waals surface area contributed by atoms with Crippen LogP contribution in [0.1, 0.15) is 55.7 Å². The summed E-state index contributed by atoms with van der Waals surface area (Å²) in [7, 11) is 0. The molecule has 29 heavy (non-hydrogen) atoms. The second kappa shape index (κ2) is 11.3. The molecule has 1 aliphatic carbocycles. The molecule has 0 aromatic heterocycles. The number of rotatable bonds is 10. The maximum atomic E-state index is 6.56. The molecule has 0 fully saturated rings. The summed E-state index contributed by atoms with van der Waals surface area (Å²) in [5.74, 6) is 1.32. The van der Waals surface area contributed by atoms with Crippen molar-refractivity contribution in [2.45, 2.75) is 59.1 Å². The molecule has 2 aromatic rings. The smallest absolute Gasteiger partial charge is 0.180 e. The second-order valence-electron chi connectivity index (χ2n) is 7.65. The van der Waals surface area contributed by atoms with E-state index in [0.717, 1.165) is 30.6 Å². The van der Waals surface area contributed by atoms with Gasteiger partial charge in [-0.1, -0.05) is 53.1 Å². The van der Waals surface area contributed by atoms with E-state index in [9.17, 15) is 0 Å². The predicted molar refractivity (Wildman–Crippen MR) is 121 cm³/mol.